The van der Waals surface area contributed by atoms with E-state index in [4.69, 9.17) is 0 Å². The van der Waals surface area contributed by atoms with E-state index >= 15 is 0 Å². The van der Waals surface area contributed by atoms with Crippen LogP contribution in [-0.2, 0) is 6.54 Å². The predicted molar refractivity (Wildman–Crippen MR) is 90.8 cm³/mol. The minimum Gasteiger partial charge on any atom is -0.386 e. The van der Waals surface area contributed by atoms with Crippen molar-refractivity contribution in [2.24, 2.45) is 0 Å². The van der Waals surface area contributed by atoms with E-state index in [1.165, 1.54) is 5.39 Å². The minimum absolute atomic E-state index is 0.420. The number of aromatic nitrogens is 1. The highest BCUT2D eigenvalue weighted by Gasteiger charge is 2.30. The monoisotopic (exact) mass is 300 g/mol. The van der Waals surface area contributed by atoms with Crippen LogP contribution < -0.4 is 0 Å². The van der Waals surface area contributed by atoms with Gasteiger partial charge in [0.05, 0.1) is 23.9 Å². The maximum Gasteiger partial charge on any atom is 0.107 e. The molecule has 3 nitrogen and oxygen atoms in total. The van der Waals surface area contributed by atoms with E-state index in [2.05, 4.69) is 29.7 Å². The van der Waals surface area contributed by atoms with Gasteiger partial charge in [-0.15, -0.1) is 0 Å². The van der Waals surface area contributed by atoms with Crippen LogP contribution >= 0.6 is 0 Å². The van der Waals surface area contributed by atoms with Gasteiger partial charge in [-0.1, -0.05) is 48.5 Å². The lowest BCUT2D eigenvalue weighted by molar-refractivity contribution is 0.192. The number of hydrogen-bond donors (Lipinski definition) is 1. The molecule has 0 aliphatic carbocycles. The van der Waals surface area contributed by atoms with Crippen molar-refractivity contribution in [2.45, 2.75) is 19.6 Å². The van der Waals surface area contributed by atoms with Gasteiger partial charge < -0.3 is 9.67 Å². The Balaban J connectivity index is 2.13. The molecule has 0 bridgehead atoms. The maximum atomic E-state index is 10.5. The third kappa shape index (κ3) is 1.93. The minimum atomic E-state index is -0.780. The summed E-state index contributed by atoms with van der Waals surface area (Å²) in [6.45, 7) is 2.51. The van der Waals surface area contributed by atoms with Crippen molar-refractivity contribution in [1.82, 2.24) is 4.57 Å². The van der Waals surface area contributed by atoms with Crippen LogP contribution in [0.1, 0.15) is 16.8 Å². The average molecular weight is 300 g/mol. The summed E-state index contributed by atoms with van der Waals surface area (Å²) >= 11 is 0. The number of fused-ring (bicyclic) bond motifs is 3. The number of para-hydroxylation sites is 1. The molecule has 1 aliphatic rings. The lowest BCUT2D eigenvalue weighted by Crippen LogP contribution is -2.25. The first-order valence-electron chi connectivity index (χ1n) is 7.68. The number of hydrogen-bond acceptors (Lipinski definition) is 2. The van der Waals surface area contributed by atoms with Gasteiger partial charge in [0.2, 0.25) is 0 Å². The molecule has 1 aromatic heterocycles. The molecule has 1 aliphatic heterocycles. The van der Waals surface area contributed by atoms with E-state index < -0.39 is 6.10 Å². The Kier molecular flexibility index (Phi) is 3.07. The van der Waals surface area contributed by atoms with Crippen molar-refractivity contribution in [2.75, 3.05) is 0 Å². The van der Waals surface area contributed by atoms with Crippen molar-refractivity contribution in [3.8, 4) is 6.07 Å². The molecule has 2 heterocycles. The molecule has 1 unspecified atom stereocenters. The highest BCUT2D eigenvalue weighted by molar-refractivity contribution is 5.95. The SMILES string of the molecule is Cc1c2n(c3ccccc13)CC(O)C(C#N)=C2c1ccccc1. The van der Waals surface area contributed by atoms with E-state index in [1.54, 1.807) is 0 Å². The van der Waals surface area contributed by atoms with Crippen molar-refractivity contribution in [3.63, 3.8) is 0 Å². The topological polar surface area (TPSA) is 49.0 Å². The zero-order chi connectivity index (χ0) is 16.0. The number of aliphatic hydroxyl groups is 1. The molecule has 112 valence electrons. The van der Waals surface area contributed by atoms with Crippen LogP contribution in [0, 0.1) is 18.3 Å². The fraction of sp³-hybridized carbons (Fsp3) is 0.150. The summed E-state index contributed by atoms with van der Waals surface area (Å²) in [5.74, 6) is 0. The largest absolute Gasteiger partial charge is 0.386 e. The number of nitriles is 1. The highest BCUT2D eigenvalue weighted by atomic mass is 16.3. The molecule has 0 radical (unpaired) electrons. The number of rotatable bonds is 1. The first-order valence-corrected chi connectivity index (χ1v) is 7.68. The smallest absolute Gasteiger partial charge is 0.107 e. The molecule has 4 rings (SSSR count). The Morgan fingerprint density at radius 1 is 1.09 bits per heavy atom. The number of benzene rings is 2. The summed E-state index contributed by atoms with van der Waals surface area (Å²) in [6, 6.07) is 20.3. The van der Waals surface area contributed by atoms with Crippen LogP contribution in [0.5, 0.6) is 0 Å². The van der Waals surface area contributed by atoms with Crippen LogP contribution in [0.15, 0.2) is 60.2 Å². The molecule has 2 aromatic carbocycles. The molecule has 0 saturated heterocycles. The number of aliphatic hydroxyl groups excluding tert-OH is 1. The van der Waals surface area contributed by atoms with Gasteiger partial charge in [0.25, 0.3) is 0 Å². The molecule has 1 atom stereocenters. The van der Waals surface area contributed by atoms with E-state index in [0.29, 0.717) is 12.1 Å². The Morgan fingerprint density at radius 3 is 2.52 bits per heavy atom. The van der Waals surface area contributed by atoms with Gasteiger partial charge in [-0.2, -0.15) is 5.26 Å². The summed E-state index contributed by atoms with van der Waals surface area (Å²) < 4.78 is 2.14. The van der Waals surface area contributed by atoms with Gasteiger partial charge >= 0.3 is 0 Å². The van der Waals surface area contributed by atoms with Crippen molar-refractivity contribution >= 4 is 16.5 Å². The predicted octanol–water partition coefficient (Wildman–Crippen LogP) is 3.65. The Morgan fingerprint density at radius 2 is 1.78 bits per heavy atom. The second kappa shape index (κ2) is 5.12. The Bertz CT molecular complexity index is 974. The third-order valence-corrected chi connectivity index (χ3v) is 4.60. The van der Waals surface area contributed by atoms with Crippen LogP contribution in [-0.4, -0.2) is 15.8 Å². The quantitative estimate of drug-likeness (QED) is 0.745. The zero-order valence-electron chi connectivity index (χ0n) is 12.8. The second-order valence-corrected chi connectivity index (χ2v) is 5.88. The van der Waals surface area contributed by atoms with Gasteiger partial charge in [-0.25, -0.2) is 0 Å². The van der Waals surface area contributed by atoms with Gasteiger partial charge in [-0.3, -0.25) is 0 Å². The van der Waals surface area contributed by atoms with E-state index in [-0.39, 0.29) is 0 Å². The molecule has 0 spiro atoms. The molecule has 0 saturated carbocycles. The van der Waals surface area contributed by atoms with Crippen LogP contribution in [0.25, 0.3) is 16.5 Å². The van der Waals surface area contributed by atoms with Gasteiger partial charge in [-0.05, 0) is 24.1 Å². The lowest BCUT2D eigenvalue weighted by atomic mass is 9.90. The molecular weight excluding hydrogens is 284 g/mol. The van der Waals surface area contributed by atoms with Crippen molar-refractivity contribution in [3.05, 3.63) is 77.0 Å². The normalized spacial score (nSPS) is 17.2. The standard InChI is InChI=1S/C20H16N2O/c1-13-15-9-5-6-10-17(15)22-12-18(23)16(11-21)19(20(13)22)14-7-3-2-4-8-14/h2-10,18,23H,12H2,1H3. The third-order valence-electron chi connectivity index (χ3n) is 4.60. The summed E-state index contributed by atoms with van der Waals surface area (Å²) in [5, 5.41) is 21.3. The average Bonchev–Trinajstić information content (AvgIpc) is 2.87. The fourth-order valence-corrected chi connectivity index (χ4v) is 3.57. The van der Waals surface area contributed by atoms with Crippen LogP contribution in [0.2, 0.25) is 0 Å². The van der Waals surface area contributed by atoms with Crippen molar-refractivity contribution in [1.29, 1.82) is 5.26 Å². The number of nitrogens with zero attached hydrogens (tertiary/aromatic N) is 2. The first-order chi connectivity index (χ1) is 11.2. The highest BCUT2D eigenvalue weighted by Crippen LogP contribution is 2.39. The molecule has 1 N–H and O–H groups in total. The molecular formula is C20H16N2O. The lowest BCUT2D eigenvalue weighted by Gasteiger charge is -2.25. The first kappa shape index (κ1) is 13.8. The molecule has 3 heteroatoms. The van der Waals surface area contributed by atoms with Crippen molar-refractivity contribution < 1.29 is 5.11 Å². The van der Waals surface area contributed by atoms with Crippen LogP contribution in [0.3, 0.4) is 0 Å². The zero-order valence-corrected chi connectivity index (χ0v) is 12.8. The summed E-state index contributed by atoms with van der Waals surface area (Å²) in [4.78, 5) is 0. The summed E-state index contributed by atoms with van der Waals surface area (Å²) in [6.07, 6.45) is -0.780. The number of aryl methyl sites for hydroxylation is 1. The molecule has 3 aromatic rings. The van der Waals surface area contributed by atoms with E-state index in [1.807, 2.05) is 42.5 Å². The summed E-state index contributed by atoms with van der Waals surface area (Å²) in [7, 11) is 0. The molecule has 23 heavy (non-hydrogen) atoms. The molecule has 0 fully saturated rings. The molecule has 0 amide bonds. The Labute approximate surface area is 134 Å². The van der Waals surface area contributed by atoms with Gasteiger partial charge in [0.1, 0.15) is 6.10 Å². The second-order valence-electron chi connectivity index (χ2n) is 5.88. The maximum absolute atomic E-state index is 10.5. The Hall–Kier alpha value is -2.83. The fourth-order valence-electron chi connectivity index (χ4n) is 3.57. The van der Waals surface area contributed by atoms with Crippen LogP contribution in [0.4, 0.5) is 0 Å². The van der Waals surface area contributed by atoms with E-state index in [0.717, 1.165) is 27.9 Å². The van der Waals surface area contributed by atoms with E-state index in [9.17, 15) is 10.4 Å². The summed E-state index contributed by atoms with van der Waals surface area (Å²) in [5.41, 5.74) is 5.56. The van der Waals surface area contributed by atoms with Gasteiger partial charge in [0, 0.05) is 16.5 Å². The van der Waals surface area contributed by atoms with Gasteiger partial charge in [0.15, 0.2) is 0 Å².